The highest BCUT2D eigenvalue weighted by Crippen LogP contribution is 2.16. The number of aromatic nitrogens is 1. The zero-order valence-corrected chi connectivity index (χ0v) is 11.0. The molecule has 0 aliphatic carbocycles. The summed E-state index contributed by atoms with van der Waals surface area (Å²) in [5, 5.41) is 0. The van der Waals surface area contributed by atoms with Gasteiger partial charge in [0.05, 0.1) is 24.0 Å². The highest BCUT2D eigenvalue weighted by Gasteiger charge is 2.08. The molecule has 0 amide bonds. The Morgan fingerprint density at radius 3 is 2.88 bits per heavy atom. The zero-order chi connectivity index (χ0) is 12.3. The van der Waals surface area contributed by atoms with Gasteiger partial charge in [-0.1, -0.05) is 0 Å². The van der Waals surface area contributed by atoms with E-state index in [1.807, 2.05) is 18.5 Å². The summed E-state index contributed by atoms with van der Waals surface area (Å²) in [6, 6.07) is 2.01. The van der Waals surface area contributed by atoms with Crippen molar-refractivity contribution in [2.24, 2.45) is 5.73 Å². The molecule has 4 nitrogen and oxygen atoms in total. The Balaban J connectivity index is 1.93. The van der Waals surface area contributed by atoms with Gasteiger partial charge in [0.1, 0.15) is 5.76 Å². The summed E-state index contributed by atoms with van der Waals surface area (Å²) in [4.78, 5) is 7.76. The smallest absolute Gasteiger partial charge is 0.118 e. The van der Waals surface area contributed by atoms with Crippen LogP contribution in [-0.4, -0.2) is 16.9 Å². The molecule has 0 fully saturated rings. The SMILES string of the molecule is Cc1ncsc1CN(C)Cc1cc(CN)co1. The summed E-state index contributed by atoms with van der Waals surface area (Å²) in [6.45, 7) is 4.26. The molecule has 0 saturated heterocycles. The van der Waals surface area contributed by atoms with Crippen LogP contribution in [0.25, 0.3) is 0 Å². The molecule has 0 spiro atoms. The Morgan fingerprint density at radius 1 is 1.47 bits per heavy atom. The van der Waals surface area contributed by atoms with Crippen molar-refractivity contribution >= 4 is 11.3 Å². The second kappa shape index (κ2) is 5.44. The van der Waals surface area contributed by atoms with Gasteiger partial charge in [-0.25, -0.2) is 4.98 Å². The van der Waals surface area contributed by atoms with Gasteiger partial charge in [-0.3, -0.25) is 4.90 Å². The second-order valence-corrected chi connectivity index (χ2v) is 5.10. The maximum Gasteiger partial charge on any atom is 0.118 e. The Hall–Kier alpha value is -1.17. The number of aryl methyl sites for hydroxylation is 1. The maximum absolute atomic E-state index is 5.54. The molecule has 5 heteroatoms. The number of thiazole rings is 1. The molecule has 2 rings (SSSR count). The molecule has 2 N–H and O–H groups in total. The number of nitrogens with two attached hydrogens (primary N) is 1. The van der Waals surface area contributed by atoms with Gasteiger partial charge in [0.25, 0.3) is 0 Å². The van der Waals surface area contributed by atoms with Crippen LogP contribution in [0.3, 0.4) is 0 Å². The maximum atomic E-state index is 5.54. The predicted molar refractivity (Wildman–Crippen MR) is 68.6 cm³/mol. The molecule has 2 aromatic rings. The molecule has 0 atom stereocenters. The minimum absolute atomic E-state index is 0.529. The third-order valence-corrected chi connectivity index (χ3v) is 3.55. The van der Waals surface area contributed by atoms with Crippen LogP contribution in [0.2, 0.25) is 0 Å². The lowest BCUT2D eigenvalue weighted by molar-refractivity contribution is 0.289. The highest BCUT2D eigenvalue weighted by atomic mass is 32.1. The van der Waals surface area contributed by atoms with Gasteiger partial charge in [-0.2, -0.15) is 0 Å². The Kier molecular flexibility index (Phi) is 3.93. The van der Waals surface area contributed by atoms with Crippen LogP contribution in [0.15, 0.2) is 22.3 Å². The van der Waals surface area contributed by atoms with E-state index < -0.39 is 0 Å². The number of nitrogens with zero attached hydrogens (tertiary/aromatic N) is 2. The molecule has 2 heterocycles. The first-order valence-corrected chi connectivity index (χ1v) is 6.41. The van der Waals surface area contributed by atoms with Crippen molar-refractivity contribution < 1.29 is 4.42 Å². The highest BCUT2D eigenvalue weighted by molar-refractivity contribution is 7.09. The van der Waals surface area contributed by atoms with Crippen LogP contribution in [0, 0.1) is 6.92 Å². The second-order valence-electron chi connectivity index (χ2n) is 4.16. The molecule has 17 heavy (non-hydrogen) atoms. The van der Waals surface area contributed by atoms with E-state index in [1.54, 1.807) is 17.6 Å². The fraction of sp³-hybridized carbons (Fsp3) is 0.417. The van der Waals surface area contributed by atoms with E-state index in [-0.39, 0.29) is 0 Å². The van der Waals surface area contributed by atoms with Crippen LogP contribution >= 0.6 is 11.3 Å². The molecular formula is C12H17N3OS. The average Bonchev–Trinajstić information content (AvgIpc) is 2.89. The van der Waals surface area contributed by atoms with Crippen LogP contribution in [0.1, 0.15) is 21.9 Å². The number of furan rings is 1. The topological polar surface area (TPSA) is 55.3 Å². The molecule has 0 saturated carbocycles. The largest absolute Gasteiger partial charge is 0.468 e. The molecular weight excluding hydrogens is 234 g/mol. The van der Waals surface area contributed by atoms with Crippen LogP contribution in [-0.2, 0) is 19.6 Å². The van der Waals surface area contributed by atoms with E-state index in [0.717, 1.165) is 30.1 Å². The molecule has 0 bridgehead atoms. The van der Waals surface area contributed by atoms with Gasteiger partial charge in [0, 0.05) is 23.5 Å². The normalized spacial score (nSPS) is 11.3. The molecule has 0 radical (unpaired) electrons. The monoisotopic (exact) mass is 251 g/mol. The Bertz CT molecular complexity index is 478. The molecule has 0 aromatic carbocycles. The molecule has 92 valence electrons. The van der Waals surface area contributed by atoms with Crippen LogP contribution in [0.4, 0.5) is 0 Å². The van der Waals surface area contributed by atoms with Gasteiger partial charge >= 0.3 is 0 Å². The summed E-state index contributed by atoms with van der Waals surface area (Å²) in [6.07, 6.45) is 1.72. The van der Waals surface area contributed by atoms with E-state index in [1.165, 1.54) is 4.88 Å². The quantitative estimate of drug-likeness (QED) is 0.884. The van der Waals surface area contributed by atoms with Gasteiger partial charge in [0.2, 0.25) is 0 Å². The van der Waals surface area contributed by atoms with Crippen LogP contribution in [0.5, 0.6) is 0 Å². The van der Waals surface area contributed by atoms with Crippen molar-refractivity contribution in [3.05, 3.63) is 39.7 Å². The van der Waals surface area contributed by atoms with Gasteiger partial charge in [-0.05, 0) is 20.0 Å². The van der Waals surface area contributed by atoms with Crippen molar-refractivity contribution in [1.82, 2.24) is 9.88 Å². The number of rotatable bonds is 5. The molecule has 2 aromatic heterocycles. The van der Waals surface area contributed by atoms with E-state index in [0.29, 0.717) is 6.54 Å². The van der Waals surface area contributed by atoms with Gasteiger partial charge < -0.3 is 10.2 Å². The van der Waals surface area contributed by atoms with Gasteiger partial charge in [-0.15, -0.1) is 11.3 Å². The summed E-state index contributed by atoms with van der Waals surface area (Å²) in [5.74, 6) is 0.954. The molecule has 0 aliphatic heterocycles. The summed E-state index contributed by atoms with van der Waals surface area (Å²) in [5.41, 5.74) is 9.59. The van der Waals surface area contributed by atoms with E-state index in [9.17, 15) is 0 Å². The van der Waals surface area contributed by atoms with E-state index in [4.69, 9.17) is 10.2 Å². The number of hydrogen-bond donors (Lipinski definition) is 1. The standard InChI is InChI=1S/C12H17N3OS/c1-9-12(17-8-14-9)6-15(2)5-11-3-10(4-13)7-16-11/h3,7-8H,4-6,13H2,1-2H3. The lowest BCUT2D eigenvalue weighted by Gasteiger charge is -2.13. The summed E-state index contributed by atoms with van der Waals surface area (Å²) >= 11 is 1.69. The fourth-order valence-electron chi connectivity index (χ4n) is 1.66. The lowest BCUT2D eigenvalue weighted by Crippen LogP contribution is -2.16. The zero-order valence-electron chi connectivity index (χ0n) is 10.1. The van der Waals surface area contributed by atoms with E-state index >= 15 is 0 Å². The third kappa shape index (κ3) is 3.15. The van der Waals surface area contributed by atoms with E-state index in [2.05, 4.69) is 16.9 Å². The fourth-order valence-corrected chi connectivity index (χ4v) is 2.52. The first-order valence-electron chi connectivity index (χ1n) is 5.53. The van der Waals surface area contributed by atoms with Crippen molar-refractivity contribution in [3.63, 3.8) is 0 Å². The molecule has 0 aliphatic rings. The predicted octanol–water partition coefficient (Wildman–Crippen LogP) is 2.14. The third-order valence-electron chi connectivity index (χ3n) is 2.63. The molecule has 0 unspecified atom stereocenters. The summed E-state index contributed by atoms with van der Waals surface area (Å²) < 4.78 is 5.44. The first-order chi connectivity index (χ1) is 8.19. The van der Waals surface area contributed by atoms with Crippen molar-refractivity contribution in [2.75, 3.05) is 7.05 Å². The Labute approximate surface area is 105 Å². The summed E-state index contributed by atoms with van der Waals surface area (Å²) in [7, 11) is 2.07. The van der Waals surface area contributed by atoms with Crippen molar-refractivity contribution in [3.8, 4) is 0 Å². The minimum atomic E-state index is 0.529. The number of hydrogen-bond acceptors (Lipinski definition) is 5. The van der Waals surface area contributed by atoms with Crippen molar-refractivity contribution in [1.29, 1.82) is 0 Å². The average molecular weight is 251 g/mol. The van der Waals surface area contributed by atoms with Crippen LogP contribution < -0.4 is 5.73 Å². The minimum Gasteiger partial charge on any atom is -0.468 e. The van der Waals surface area contributed by atoms with Gasteiger partial charge in [0.15, 0.2) is 0 Å². The lowest BCUT2D eigenvalue weighted by atomic mass is 10.3. The Morgan fingerprint density at radius 2 is 2.29 bits per heavy atom. The first kappa shape index (κ1) is 12.3. The van der Waals surface area contributed by atoms with Crippen molar-refractivity contribution in [2.45, 2.75) is 26.6 Å².